The van der Waals surface area contributed by atoms with Gasteiger partial charge >= 0.3 is 29.6 Å². The fourth-order valence-electron chi connectivity index (χ4n) is 0.683. The Morgan fingerprint density at radius 3 is 2.00 bits per heavy atom. The summed E-state index contributed by atoms with van der Waals surface area (Å²) >= 11 is 3.73. The number of halogens is 2. The molecule has 6 heteroatoms. The molecule has 0 heterocycles. The summed E-state index contributed by atoms with van der Waals surface area (Å²) in [6, 6.07) is 2.74. The minimum Gasteiger partial charge on any atom is -0.545 e. The van der Waals surface area contributed by atoms with Gasteiger partial charge in [0.05, 0.1) is 13.1 Å². The average molecular weight is 412 g/mol. The van der Waals surface area contributed by atoms with Gasteiger partial charge in [0.25, 0.3) is 0 Å². The predicted molar refractivity (Wildman–Crippen MR) is 57.9 cm³/mol. The Morgan fingerprint density at radius 2 is 1.69 bits per heavy atom. The molecule has 0 saturated carbocycles. The van der Waals surface area contributed by atoms with Gasteiger partial charge < -0.3 is 15.0 Å². The molecule has 0 aliphatic rings. The van der Waals surface area contributed by atoms with Gasteiger partial charge in [-0.1, -0.05) is 0 Å². The number of aromatic carboxylic acids is 1. The first-order chi connectivity index (χ1) is 5.52. The molecule has 64 valence electrons. The van der Waals surface area contributed by atoms with Crippen LogP contribution in [-0.2, 0) is 0 Å². The van der Waals surface area contributed by atoms with E-state index in [4.69, 9.17) is 0 Å². The Balaban J connectivity index is 0.00000144. The molecule has 1 aromatic carbocycles. The molecule has 0 aliphatic carbocycles. The van der Waals surface area contributed by atoms with Crippen LogP contribution in [0.1, 0.15) is 10.4 Å². The first-order valence-corrected chi connectivity index (χ1v) is 5.07. The molecule has 0 fully saturated rings. The number of phenols is 1. The van der Waals surface area contributed by atoms with Crippen LogP contribution >= 0.6 is 45.2 Å². The van der Waals surface area contributed by atoms with Crippen LogP contribution < -0.4 is 34.7 Å². The Labute approximate surface area is 124 Å². The quantitative estimate of drug-likeness (QED) is 0.428. The van der Waals surface area contributed by atoms with Crippen LogP contribution in [0.2, 0.25) is 0 Å². The Kier molecular flexibility index (Phi) is 6.16. The van der Waals surface area contributed by atoms with E-state index in [0.29, 0.717) is 7.14 Å². The van der Waals surface area contributed by atoms with E-state index in [1.54, 1.807) is 0 Å². The van der Waals surface area contributed by atoms with Crippen LogP contribution in [0, 0.1) is 7.14 Å². The second kappa shape index (κ2) is 5.74. The second-order valence-electron chi connectivity index (χ2n) is 2.08. The van der Waals surface area contributed by atoms with Gasteiger partial charge in [-0.05, 0) is 62.9 Å². The number of aromatic hydroxyl groups is 1. The normalized spacial score (nSPS) is 9.08. The van der Waals surface area contributed by atoms with E-state index in [9.17, 15) is 15.0 Å². The molecule has 0 aromatic heterocycles. The average Bonchev–Trinajstić information content (AvgIpc) is 1.99. The topological polar surface area (TPSA) is 60.4 Å². The number of hydrogen-bond donors (Lipinski definition) is 1. The Bertz CT molecular complexity index is 318. The summed E-state index contributed by atoms with van der Waals surface area (Å²) in [7, 11) is 0. The van der Waals surface area contributed by atoms with E-state index in [-0.39, 0.29) is 40.9 Å². The van der Waals surface area contributed by atoms with E-state index >= 15 is 0 Å². The van der Waals surface area contributed by atoms with Gasteiger partial charge in [-0.15, -0.1) is 0 Å². The van der Waals surface area contributed by atoms with Crippen molar-refractivity contribution in [2.75, 3.05) is 0 Å². The predicted octanol–water partition coefficient (Wildman–Crippen LogP) is -2.03. The fraction of sp³-hybridized carbons (Fsp3) is 0. The van der Waals surface area contributed by atoms with Gasteiger partial charge in [-0.3, -0.25) is 0 Å². The van der Waals surface area contributed by atoms with Gasteiger partial charge in [0.1, 0.15) is 5.75 Å². The Hall–Kier alpha value is 0.950. The molecule has 13 heavy (non-hydrogen) atoms. The summed E-state index contributed by atoms with van der Waals surface area (Å²) in [4.78, 5) is 10.4. The summed E-state index contributed by atoms with van der Waals surface area (Å²) in [5.41, 5.74) is 0.0848. The molecule has 0 saturated heterocycles. The molecule has 0 unspecified atom stereocenters. The maximum absolute atomic E-state index is 10.4. The van der Waals surface area contributed by atoms with Crippen molar-refractivity contribution in [2.24, 2.45) is 0 Å². The minimum atomic E-state index is -1.23. The van der Waals surface area contributed by atoms with Gasteiger partial charge in [0.2, 0.25) is 0 Å². The van der Waals surface area contributed by atoms with Crippen molar-refractivity contribution in [1.29, 1.82) is 0 Å². The molecule has 0 amide bonds. The first kappa shape index (κ1) is 13.9. The van der Waals surface area contributed by atoms with Crippen LogP contribution in [0.5, 0.6) is 5.75 Å². The van der Waals surface area contributed by atoms with Crippen molar-refractivity contribution in [1.82, 2.24) is 0 Å². The number of rotatable bonds is 1. The van der Waals surface area contributed by atoms with Crippen LogP contribution in [0.3, 0.4) is 0 Å². The maximum Gasteiger partial charge on any atom is 1.00 e. The zero-order chi connectivity index (χ0) is 9.30. The standard InChI is InChI=1S/C7H4I2O3.Na/c8-4-1-3(7(11)12)2-5(9)6(4)10;/h1-2,10H,(H,11,12);/q;+1/p-1. The summed E-state index contributed by atoms with van der Waals surface area (Å²) < 4.78 is 1.03. The largest absolute Gasteiger partial charge is 1.00 e. The molecule has 0 spiro atoms. The second-order valence-corrected chi connectivity index (χ2v) is 4.40. The zero-order valence-electron chi connectivity index (χ0n) is 6.67. The molecule has 1 aromatic rings. The van der Waals surface area contributed by atoms with Crippen LogP contribution in [0.25, 0.3) is 0 Å². The monoisotopic (exact) mass is 412 g/mol. The molecule has 3 nitrogen and oxygen atoms in total. The van der Waals surface area contributed by atoms with Crippen molar-refractivity contribution in [3.05, 3.63) is 24.8 Å². The molecule has 1 N–H and O–H groups in total. The van der Waals surface area contributed by atoms with Gasteiger partial charge in [0.15, 0.2) is 0 Å². The first-order valence-electron chi connectivity index (χ1n) is 2.91. The van der Waals surface area contributed by atoms with E-state index in [2.05, 4.69) is 0 Å². The van der Waals surface area contributed by atoms with Crippen molar-refractivity contribution >= 4 is 51.2 Å². The van der Waals surface area contributed by atoms with Crippen molar-refractivity contribution in [3.63, 3.8) is 0 Å². The fourth-order valence-corrected chi connectivity index (χ4v) is 2.45. The van der Waals surface area contributed by atoms with Crippen LogP contribution in [-0.4, -0.2) is 11.1 Å². The van der Waals surface area contributed by atoms with Crippen molar-refractivity contribution < 1.29 is 44.6 Å². The molecule has 0 radical (unpaired) electrons. The van der Waals surface area contributed by atoms with E-state index < -0.39 is 5.97 Å². The third-order valence-corrected chi connectivity index (χ3v) is 2.90. The van der Waals surface area contributed by atoms with E-state index in [1.807, 2.05) is 45.2 Å². The number of carboxylic acids is 1. The summed E-state index contributed by atoms with van der Waals surface area (Å²) in [6.07, 6.45) is 0. The van der Waals surface area contributed by atoms with E-state index in [1.165, 1.54) is 12.1 Å². The van der Waals surface area contributed by atoms with Crippen LogP contribution in [0.15, 0.2) is 12.1 Å². The third kappa shape index (κ3) is 3.54. The Morgan fingerprint density at radius 1 is 1.31 bits per heavy atom. The minimum absolute atomic E-state index is 0. The molecular formula is C7H3I2NaO3. The number of hydrogen-bond acceptors (Lipinski definition) is 3. The SMILES string of the molecule is O=C([O-])c1cc(I)c(O)c(I)c1.[Na+]. The number of carbonyl (C=O) groups is 1. The number of carbonyl (C=O) groups excluding carboxylic acids is 1. The van der Waals surface area contributed by atoms with Gasteiger partial charge in [-0.2, -0.15) is 0 Å². The number of phenolic OH excluding ortho intramolecular Hbond substituents is 1. The summed E-state index contributed by atoms with van der Waals surface area (Å²) in [6.45, 7) is 0. The number of carboxylic acid groups (broad SMARTS) is 1. The molecule has 0 atom stereocenters. The zero-order valence-corrected chi connectivity index (χ0v) is 13.0. The summed E-state index contributed by atoms with van der Waals surface area (Å²) in [5, 5.41) is 19.7. The maximum atomic E-state index is 10.4. The third-order valence-electron chi connectivity index (χ3n) is 1.25. The smallest absolute Gasteiger partial charge is 0.545 e. The van der Waals surface area contributed by atoms with Gasteiger partial charge in [-0.25, -0.2) is 0 Å². The number of benzene rings is 1. The molecular weight excluding hydrogens is 409 g/mol. The molecule has 0 bridgehead atoms. The van der Waals surface area contributed by atoms with Crippen LogP contribution in [0.4, 0.5) is 0 Å². The van der Waals surface area contributed by atoms with Gasteiger partial charge in [0, 0.05) is 0 Å². The molecule has 1 rings (SSSR count). The molecule has 0 aliphatic heterocycles. The summed E-state index contributed by atoms with van der Waals surface area (Å²) in [5.74, 6) is -1.12. The van der Waals surface area contributed by atoms with Crippen molar-refractivity contribution in [3.8, 4) is 5.75 Å². The van der Waals surface area contributed by atoms with Crippen molar-refractivity contribution in [2.45, 2.75) is 0 Å². The van der Waals surface area contributed by atoms with E-state index in [0.717, 1.165) is 0 Å².